The van der Waals surface area contributed by atoms with Crippen LogP contribution >= 0.6 is 23.2 Å². The second-order valence-electron chi connectivity index (χ2n) is 7.28. The van der Waals surface area contributed by atoms with Gasteiger partial charge >= 0.3 is 0 Å². The van der Waals surface area contributed by atoms with Crippen molar-refractivity contribution >= 4 is 23.2 Å². The molecule has 0 unspecified atom stereocenters. The lowest BCUT2D eigenvalue weighted by molar-refractivity contribution is 0.120. The third-order valence-electron chi connectivity index (χ3n) is 6.35. The molecule has 2 aliphatic carbocycles. The van der Waals surface area contributed by atoms with E-state index in [2.05, 4.69) is 26.1 Å². The fourth-order valence-corrected chi connectivity index (χ4v) is 4.89. The predicted octanol–water partition coefficient (Wildman–Crippen LogP) is 5.30. The molecular formula is C17H23Cl2N. The van der Waals surface area contributed by atoms with E-state index in [1.807, 2.05) is 18.2 Å². The summed E-state index contributed by atoms with van der Waals surface area (Å²) in [7, 11) is 0. The molecule has 2 bridgehead atoms. The summed E-state index contributed by atoms with van der Waals surface area (Å²) in [5.41, 5.74) is 2.01. The molecule has 3 rings (SSSR count). The molecule has 2 aliphatic rings. The highest BCUT2D eigenvalue weighted by Crippen LogP contribution is 2.65. The van der Waals surface area contributed by atoms with Crippen molar-refractivity contribution in [1.82, 2.24) is 5.32 Å². The van der Waals surface area contributed by atoms with Gasteiger partial charge in [-0.2, -0.15) is 0 Å². The van der Waals surface area contributed by atoms with Crippen molar-refractivity contribution in [2.24, 2.45) is 16.7 Å². The zero-order valence-electron chi connectivity index (χ0n) is 12.5. The van der Waals surface area contributed by atoms with Gasteiger partial charge in [0.2, 0.25) is 0 Å². The highest BCUT2D eigenvalue weighted by atomic mass is 35.5. The Hall–Kier alpha value is -0.240. The number of hydrogen-bond acceptors (Lipinski definition) is 1. The number of rotatable bonds is 3. The molecule has 20 heavy (non-hydrogen) atoms. The van der Waals surface area contributed by atoms with Gasteiger partial charge in [-0.25, -0.2) is 0 Å². The summed E-state index contributed by atoms with van der Waals surface area (Å²) in [6.07, 6.45) is 4.04. The van der Waals surface area contributed by atoms with Crippen LogP contribution in [0, 0.1) is 16.7 Å². The van der Waals surface area contributed by atoms with Gasteiger partial charge in [0.05, 0.1) is 0 Å². The molecule has 0 saturated heterocycles. The van der Waals surface area contributed by atoms with E-state index in [9.17, 15) is 0 Å². The summed E-state index contributed by atoms with van der Waals surface area (Å²) in [5.74, 6) is 0.866. The van der Waals surface area contributed by atoms with Crippen molar-refractivity contribution < 1.29 is 0 Å². The van der Waals surface area contributed by atoms with E-state index in [4.69, 9.17) is 23.2 Å². The van der Waals surface area contributed by atoms with Crippen LogP contribution in [0.3, 0.4) is 0 Å². The quantitative estimate of drug-likeness (QED) is 0.799. The molecule has 1 N–H and O–H groups in total. The van der Waals surface area contributed by atoms with Gasteiger partial charge in [0.25, 0.3) is 0 Å². The Morgan fingerprint density at radius 1 is 1.25 bits per heavy atom. The highest BCUT2D eigenvalue weighted by Gasteiger charge is 2.60. The fraction of sp³-hybridized carbons (Fsp3) is 0.647. The van der Waals surface area contributed by atoms with Gasteiger partial charge in [-0.3, -0.25) is 0 Å². The lowest BCUT2D eigenvalue weighted by atomic mass is 9.69. The molecule has 1 aromatic carbocycles. The van der Waals surface area contributed by atoms with Crippen LogP contribution in [0.4, 0.5) is 0 Å². The zero-order valence-corrected chi connectivity index (χ0v) is 14.0. The lowest BCUT2D eigenvalue weighted by Gasteiger charge is -2.39. The van der Waals surface area contributed by atoms with Crippen molar-refractivity contribution in [3.05, 3.63) is 33.8 Å². The normalized spacial score (nSPS) is 34.6. The molecule has 110 valence electrons. The van der Waals surface area contributed by atoms with Gasteiger partial charge in [0.1, 0.15) is 0 Å². The molecule has 1 aromatic rings. The Morgan fingerprint density at radius 2 is 2.00 bits per heavy atom. The van der Waals surface area contributed by atoms with E-state index in [0.29, 0.717) is 21.9 Å². The van der Waals surface area contributed by atoms with Crippen LogP contribution in [0.5, 0.6) is 0 Å². The Bertz CT molecular complexity index is 526. The summed E-state index contributed by atoms with van der Waals surface area (Å²) < 4.78 is 0. The van der Waals surface area contributed by atoms with Gasteiger partial charge in [0.15, 0.2) is 0 Å². The third kappa shape index (κ3) is 2.10. The van der Waals surface area contributed by atoms with E-state index < -0.39 is 0 Å². The summed E-state index contributed by atoms with van der Waals surface area (Å²) in [6, 6.07) is 6.37. The number of halogens is 2. The Balaban J connectivity index is 1.71. The predicted molar refractivity (Wildman–Crippen MR) is 86.3 cm³/mol. The summed E-state index contributed by atoms with van der Waals surface area (Å²) in [6.45, 7) is 8.18. The van der Waals surface area contributed by atoms with Crippen molar-refractivity contribution in [3.8, 4) is 0 Å². The minimum atomic E-state index is 0.413. The summed E-state index contributed by atoms with van der Waals surface area (Å²) in [5, 5.41) is 5.22. The molecule has 2 fully saturated rings. The van der Waals surface area contributed by atoms with Gasteiger partial charge in [0, 0.05) is 22.6 Å². The maximum atomic E-state index is 6.26. The van der Waals surface area contributed by atoms with Crippen molar-refractivity contribution in [1.29, 1.82) is 0 Å². The first kappa shape index (κ1) is 14.7. The smallest absolute Gasteiger partial charge is 0.0465 e. The van der Waals surface area contributed by atoms with Gasteiger partial charge in [-0.05, 0) is 53.7 Å². The summed E-state index contributed by atoms with van der Waals surface area (Å²) >= 11 is 12.2. The number of fused-ring (bicyclic) bond motifs is 2. The molecule has 0 amide bonds. The van der Waals surface area contributed by atoms with Crippen LogP contribution in [0.15, 0.2) is 18.2 Å². The van der Waals surface area contributed by atoms with Crippen LogP contribution in [-0.2, 0) is 6.54 Å². The van der Waals surface area contributed by atoms with E-state index in [0.717, 1.165) is 23.0 Å². The molecule has 0 aliphatic heterocycles. The molecule has 2 saturated carbocycles. The standard InChI is InChI=1S/C17H23Cl2N/c1-16(2)12-6-7-17(16,3)15(8-12)20-10-11-4-5-13(18)9-14(11)19/h4-5,9,12,15,20H,6-8,10H2,1-3H3/t12-,15+,17+/m0/s1. The average molecular weight is 312 g/mol. The molecule has 3 atom stereocenters. The van der Waals surface area contributed by atoms with Crippen molar-refractivity contribution in [2.75, 3.05) is 0 Å². The number of nitrogens with one attached hydrogen (secondary N) is 1. The fourth-order valence-electron chi connectivity index (χ4n) is 4.41. The van der Waals surface area contributed by atoms with Crippen LogP contribution in [-0.4, -0.2) is 6.04 Å². The largest absolute Gasteiger partial charge is 0.309 e. The molecule has 1 nitrogen and oxygen atoms in total. The molecule has 0 spiro atoms. The SMILES string of the molecule is CC1(C)[C@H]2CC[C@]1(C)[C@H](NCc1ccc(Cl)cc1Cl)C2. The minimum Gasteiger partial charge on any atom is -0.309 e. The maximum absolute atomic E-state index is 6.26. The number of benzene rings is 1. The summed E-state index contributed by atoms with van der Waals surface area (Å²) in [4.78, 5) is 0. The molecule has 0 radical (unpaired) electrons. The molecule has 0 heterocycles. The molecular weight excluding hydrogens is 289 g/mol. The average Bonchev–Trinajstić information content (AvgIpc) is 2.70. The van der Waals surface area contributed by atoms with E-state index in [1.165, 1.54) is 19.3 Å². The van der Waals surface area contributed by atoms with Crippen LogP contribution in [0.2, 0.25) is 10.0 Å². The second-order valence-corrected chi connectivity index (χ2v) is 8.12. The first-order chi connectivity index (χ1) is 9.34. The first-order valence-electron chi connectivity index (χ1n) is 7.52. The van der Waals surface area contributed by atoms with Crippen LogP contribution < -0.4 is 5.32 Å². The van der Waals surface area contributed by atoms with Crippen molar-refractivity contribution in [3.63, 3.8) is 0 Å². The Kier molecular flexibility index (Phi) is 3.60. The Morgan fingerprint density at radius 3 is 2.55 bits per heavy atom. The second kappa shape index (κ2) is 4.90. The third-order valence-corrected chi connectivity index (χ3v) is 6.94. The minimum absolute atomic E-state index is 0.413. The Labute approximate surface area is 132 Å². The highest BCUT2D eigenvalue weighted by molar-refractivity contribution is 6.35. The topological polar surface area (TPSA) is 12.0 Å². The monoisotopic (exact) mass is 311 g/mol. The van der Waals surface area contributed by atoms with E-state index in [-0.39, 0.29) is 0 Å². The van der Waals surface area contributed by atoms with E-state index in [1.54, 1.807) is 0 Å². The lowest BCUT2D eigenvalue weighted by Crippen LogP contribution is -2.44. The van der Waals surface area contributed by atoms with Crippen LogP contribution in [0.1, 0.15) is 45.6 Å². The van der Waals surface area contributed by atoms with Crippen LogP contribution in [0.25, 0.3) is 0 Å². The zero-order chi connectivity index (χ0) is 14.5. The van der Waals surface area contributed by atoms with Gasteiger partial charge in [-0.1, -0.05) is 50.0 Å². The molecule has 0 aromatic heterocycles. The van der Waals surface area contributed by atoms with E-state index >= 15 is 0 Å². The van der Waals surface area contributed by atoms with Gasteiger partial charge in [-0.15, -0.1) is 0 Å². The van der Waals surface area contributed by atoms with Crippen molar-refractivity contribution in [2.45, 2.75) is 52.6 Å². The number of hydrogen-bond donors (Lipinski definition) is 1. The first-order valence-corrected chi connectivity index (χ1v) is 8.27. The van der Waals surface area contributed by atoms with Gasteiger partial charge < -0.3 is 5.32 Å². The molecule has 3 heteroatoms. The maximum Gasteiger partial charge on any atom is 0.0465 e.